The molecule has 158 valence electrons. The molecule has 0 saturated carbocycles. The van der Waals surface area contributed by atoms with Crippen molar-refractivity contribution in [2.45, 2.75) is 18.9 Å². The number of ether oxygens (including phenoxy) is 1. The van der Waals surface area contributed by atoms with Crippen LogP contribution in [0.3, 0.4) is 0 Å². The smallest absolute Gasteiger partial charge is 0.269 e. The minimum atomic E-state index is -0.475. The standard InChI is InChI=1S/C20H24N6O4/c27-20(15-3-5-16(6-4-15)26(28)29)25-11-9-24(10-12-25)19-8-7-18(22-23-19)21-14-17-2-1-13-30-17/h3-8,17H,1-2,9-14H2,(H,21,22). The minimum Gasteiger partial charge on any atom is -0.376 e. The summed E-state index contributed by atoms with van der Waals surface area (Å²) in [6.45, 7) is 3.96. The fourth-order valence-electron chi connectivity index (χ4n) is 3.66. The highest BCUT2D eigenvalue weighted by Crippen LogP contribution is 2.18. The molecule has 2 aromatic rings. The molecule has 1 unspecified atom stereocenters. The van der Waals surface area contributed by atoms with E-state index in [9.17, 15) is 14.9 Å². The second-order valence-corrected chi connectivity index (χ2v) is 7.38. The topological polar surface area (TPSA) is 114 Å². The van der Waals surface area contributed by atoms with Crippen molar-refractivity contribution in [2.75, 3.05) is 49.5 Å². The van der Waals surface area contributed by atoms with Crippen LogP contribution in [-0.2, 0) is 4.74 Å². The molecule has 2 aliphatic heterocycles. The van der Waals surface area contributed by atoms with E-state index in [4.69, 9.17) is 4.74 Å². The van der Waals surface area contributed by atoms with E-state index in [0.29, 0.717) is 31.7 Å². The molecule has 1 aromatic heterocycles. The average molecular weight is 412 g/mol. The highest BCUT2D eigenvalue weighted by atomic mass is 16.6. The average Bonchev–Trinajstić information content (AvgIpc) is 3.31. The molecule has 30 heavy (non-hydrogen) atoms. The first-order valence-corrected chi connectivity index (χ1v) is 10.1. The minimum absolute atomic E-state index is 0.0244. The van der Waals surface area contributed by atoms with Crippen LogP contribution in [0.4, 0.5) is 17.3 Å². The quantitative estimate of drug-likeness (QED) is 0.566. The lowest BCUT2D eigenvalue weighted by Crippen LogP contribution is -2.49. The van der Waals surface area contributed by atoms with Crippen molar-refractivity contribution in [3.8, 4) is 0 Å². The van der Waals surface area contributed by atoms with Crippen molar-refractivity contribution in [3.63, 3.8) is 0 Å². The molecule has 3 heterocycles. The van der Waals surface area contributed by atoms with Crippen LogP contribution in [0, 0.1) is 10.1 Å². The van der Waals surface area contributed by atoms with Gasteiger partial charge in [0, 0.05) is 57.0 Å². The van der Waals surface area contributed by atoms with Crippen LogP contribution in [0.5, 0.6) is 0 Å². The maximum absolute atomic E-state index is 12.6. The Hall–Kier alpha value is -3.27. The number of nitro benzene ring substituents is 1. The highest BCUT2D eigenvalue weighted by Gasteiger charge is 2.23. The van der Waals surface area contributed by atoms with Crippen LogP contribution in [0.15, 0.2) is 36.4 Å². The van der Waals surface area contributed by atoms with E-state index in [2.05, 4.69) is 20.4 Å². The van der Waals surface area contributed by atoms with Gasteiger partial charge in [-0.2, -0.15) is 0 Å². The Morgan fingerprint density at radius 1 is 1.13 bits per heavy atom. The third kappa shape index (κ3) is 4.65. The van der Waals surface area contributed by atoms with Crippen molar-refractivity contribution in [1.82, 2.24) is 15.1 Å². The molecule has 0 spiro atoms. The molecule has 1 amide bonds. The fourth-order valence-corrected chi connectivity index (χ4v) is 3.66. The number of amides is 1. The summed E-state index contributed by atoms with van der Waals surface area (Å²) in [6.07, 6.45) is 2.42. The van der Waals surface area contributed by atoms with E-state index in [1.807, 2.05) is 12.1 Å². The Balaban J connectivity index is 1.28. The Kier molecular flexibility index (Phi) is 6.03. The first-order chi connectivity index (χ1) is 14.6. The number of benzene rings is 1. The normalized spacial score (nSPS) is 19.0. The summed E-state index contributed by atoms with van der Waals surface area (Å²) in [5.41, 5.74) is 0.430. The van der Waals surface area contributed by atoms with Crippen LogP contribution < -0.4 is 10.2 Å². The summed E-state index contributed by atoms with van der Waals surface area (Å²) >= 11 is 0. The molecule has 0 radical (unpaired) electrons. The van der Waals surface area contributed by atoms with Crippen molar-refractivity contribution < 1.29 is 14.5 Å². The van der Waals surface area contributed by atoms with Crippen LogP contribution in [0.2, 0.25) is 0 Å². The molecule has 0 bridgehead atoms. The maximum atomic E-state index is 12.6. The Labute approximate surface area is 174 Å². The van der Waals surface area contributed by atoms with Crippen LogP contribution >= 0.6 is 0 Å². The number of piperazine rings is 1. The van der Waals surface area contributed by atoms with E-state index < -0.39 is 4.92 Å². The number of hydrogen-bond acceptors (Lipinski definition) is 8. The van der Waals surface area contributed by atoms with Crippen LogP contribution in [0.1, 0.15) is 23.2 Å². The van der Waals surface area contributed by atoms with Gasteiger partial charge in [-0.3, -0.25) is 14.9 Å². The summed E-state index contributed by atoms with van der Waals surface area (Å²) < 4.78 is 5.59. The number of non-ortho nitro benzene ring substituents is 1. The zero-order valence-corrected chi connectivity index (χ0v) is 16.6. The van der Waals surface area contributed by atoms with Gasteiger partial charge in [0.1, 0.15) is 5.82 Å². The van der Waals surface area contributed by atoms with Crippen molar-refractivity contribution >= 4 is 23.2 Å². The molecule has 1 N–H and O–H groups in total. The summed E-state index contributed by atoms with van der Waals surface area (Å²) in [6, 6.07) is 9.55. The van der Waals surface area contributed by atoms with E-state index >= 15 is 0 Å². The SMILES string of the molecule is O=C(c1ccc([N+](=O)[O-])cc1)N1CCN(c2ccc(NCC3CCCO3)nn2)CC1. The Morgan fingerprint density at radius 2 is 1.90 bits per heavy atom. The zero-order chi connectivity index (χ0) is 20.9. The molecular formula is C20H24N6O4. The molecule has 0 aliphatic carbocycles. The van der Waals surface area contributed by atoms with Gasteiger partial charge in [0.2, 0.25) is 0 Å². The van der Waals surface area contributed by atoms with Gasteiger partial charge < -0.3 is 19.9 Å². The fraction of sp³-hybridized carbons (Fsp3) is 0.450. The molecule has 2 fully saturated rings. The van der Waals surface area contributed by atoms with E-state index in [-0.39, 0.29) is 17.7 Å². The van der Waals surface area contributed by atoms with Gasteiger partial charge in [0.25, 0.3) is 11.6 Å². The number of anilines is 2. The van der Waals surface area contributed by atoms with E-state index in [0.717, 1.165) is 37.6 Å². The van der Waals surface area contributed by atoms with Gasteiger partial charge in [-0.15, -0.1) is 10.2 Å². The van der Waals surface area contributed by atoms with Crippen molar-refractivity contribution in [1.29, 1.82) is 0 Å². The third-order valence-electron chi connectivity index (χ3n) is 5.40. The molecular weight excluding hydrogens is 388 g/mol. The monoisotopic (exact) mass is 412 g/mol. The molecule has 2 aliphatic rings. The number of hydrogen-bond donors (Lipinski definition) is 1. The lowest BCUT2D eigenvalue weighted by molar-refractivity contribution is -0.384. The first kappa shape index (κ1) is 20.0. The van der Waals surface area contributed by atoms with Crippen LogP contribution in [0.25, 0.3) is 0 Å². The Morgan fingerprint density at radius 3 is 2.50 bits per heavy atom. The summed E-state index contributed by atoms with van der Waals surface area (Å²) in [5, 5.41) is 22.6. The zero-order valence-electron chi connectivity index (χ0n) is 16.6. The van der Waals surface area contributed by atoms with Gasteiger partial charge in [0.15, 0.2) is 5.82 Å². The third-order valence-corrected chi connectivity index (χ3v) is 5.40. The van der Waals surface area contributed by atoms with E-state index in [1.165, 1.54) is 24.3 Å². The number of nitrogens with zero attached hydrogens (tertiary/aromatic N) is 5. The lowest BCUT2D eigenvalue weighted by Gasteiger charge is -2.35. The van der Waals surface area contributed by atoms with Crippen molar-refractivity contribution in [3.05, 3.63) is 52.1 Å². The predicted molar refractivity (Wildman–Crippen MR) is 111 cm³/mol. The number of aromatic nitrogens is 2. The Bertz CT molecular complexity index is 875. The molecule has 10 nitrogen and oxygen atoms in total. The number of carbonyl (C=O) groups is 1. The maximum Gasteiger partial charge on any atom is 0.269 e. The van der Waals surface area contributed by atoms with Gasteiger partial charge in [-0.25, -0.2) is 0 Å². The largest absolute Gasteiger partial charge is 0.376 e. The summed E-state index contributed by atoms with van der Waals surface area (Å²) in [7, 11) is 0. The molecule has 4 rings (SSSR count). The van der Waals surface area contributed by atoms with Crippen LogP contribution in [-0.4, -0.2) is 71.4 Å². The second kappa shape index (κ2) is 9.04. The second-order valence-electron chi connectivity index (χ2n) is 7.38. The number of nitro groups is 1. The number of rotatable bonds is 6. The first-order valence-electron chi connectivity index (χ1n) is 10.1. The molecule has 2 saturated heterocycles. The lowest BCUT2D eigenvalue weighted by atomic mass is 10.1. The van der Waals surface area contributed by atoms with Gasteiger partial charge in [0.05, 0.1) is 11.0 Å². The van der Waals surface area contributed by atoms with E-state index in [1.54, 1.807) is 4.90 Å². The highest BCUT2D eigenvalue weighted by molar-refractivity contribution is 5.94. The summed E-state index contributed by atoms with van der Waals surface area (Å²) in [4.78, 5) is 26.8. The van der Waals surface area contributed by atoms with Gasteiger partial charge >= 0.3 is 0 Å². The predicted octanol–water partition coefficient (Wildman–Crippen LogP) is 1.94. The van der Waals surface area contributed by atoms with Gasteiger partial charge in [-0.1, -0.05) is 0 Å². The molecule has 10 heteroatoms. The number of nitrogens with one attached hydrogen (secondary N) is 1. The number of carbonyl (C=O) groups excluding carboxylic acids is 1. The molecule has 1 atom stereocenters. The van der Waals surface area contributed by atoms with Gasteiger partial charge in [-0.05, 0) is 37.1 Å². The van der Waals surface area contributed by atoms with Crippen molar-refractivity contribution in [2.24, 2.45) is 0 Å². The molecule has 1 aromatic carbocycles. The summed E-state index contributed by atoms with van der Waals surface area (Å²) in [5.74, 6) is 1.38.